The van der Waals surface area contributed by atoms with E-state index in [-0.39, 0.29) is 18.2 Å². The summed E-state index contributed by atoms with van der Waals surface area (Å²) in [6, 6.07) is 28.6. The maximum absolute atomic E-state index is 12.6. The van der Waals surface area contributed by atoms with Crippen LogP contribution in [0.5, 0.6) is 0 Å². The molecule has 4 heteroatoms. The van der Waals surface area contributed by atoms with Crippen molar-refractivity contribution in [2.45, 2.75) is 13.3 Å². The summed E-state index contributed by atoms with van der Waals surface area (Å²) in [5.74, 6) is -0.339. The number of carbonyl (C=O) groups is 2. The Morgan fingerprint density at radius 1 is 0.733 bits per heavy atom. The van der Waals surface area contributed by atoms with Crippen LogP contribution in [0.4, 0.5) is 11.4 Å². The fourth-order valence-electron chi connectivity index (χ4n) is 3.49. The molecule has 0 aliphatic heterocycles. The van der Waals surface area contributed by atoms with Crippen LogP contribution in [0.3, 0.4) is 0 Å². The van der Waals surface area contributed by atoms with E-state index in [2.05, 4.69) is 10.6 Å². The fraction of sp³-hybridized carbons (Fsp3) is 0.0769. The van der Waals surface area contributed by atoms with Crippen LogP contribution in [0.15, 0.2) is 91.0 Å². The van der Waals surface area contributed by atoms with Crippen molar-refractivity contribution in [1.82, 2.24) is 0 Å². The van der Waals surface area contributed by atoms with Gasteiger partial charge in [-0.15, -0.1) is 0 Å². The van der Waals surface area contributed by atoms with Crippen molar-refractivity contribution in [1.29, 1.82) is 0 Å². The molecule has 30 heavy (non-hydrogen) atoms. The van der Waals surface area contributed by atoms with Crippen LogP contribution in [-0.2, 0) is 11.2 Å². The molecular formula is C26H22N2O2. The van der Waals surface area contributed by atoms with Gasteiger partial charge in [0.25, 0.3) is 5.91 Å². The molecule has 0 spiro atoms. The number of anilines is 2. The number of carbonyl (C=O) groups excluding carboxylic acids is 2. The van der Waals surface area contributed by atoms with Crippen molar-refractivity contribution in [3.63, 3.8) is 0 Å². The Morgan fingerprint density at radius 3 is 2.27 bits per heavy atom. The van der Waals surface area contributed by atoms with E-state index >= 15 is 0 Å². The van der Waals surface area contributed by atoms with Crippen LogP contribution >= 0.6 is 0 Å². The van der Waals surface area contributed by atoms with Crippen LogP contribution in [0.25, 0.3) is 10.8 Å². The molecule has 4 aromatic rings. The number of hydrogen-bond acceptors (Lipinski definition) is 2. The first-order chi connectivity index (χ1) is 14.6. The molecule has 0 heterocycles. The molecule has 0 atom stereocenters. The van der Waals surface area contributed by atoms with Crippen LogP contribution in [0.2, 0.25) is 0 Å². The molecule has 0 aliphatic carbocycles. The SMILES string of the molecule is Cc1cccc(NC(=O)c2cccc(NC(=O)Cc3cccc4ccccc34)c2)c1. The summed E-state index contributed by atoms with van der Waals surface area (Å²) in [6.07, 6.45) is 0.265. The summed E-state index contributed by atoms with van der Waals surface area (Å²) in [4.78, 5) is 25.2. The molecule has 2 N–H and O–H groups in total. The number of fused-ring (bicyclic) bond motifs is 1. The third kappa shape index (κ3) is 4.55. The van der Waals surface area contributed by atoms with Gasteiger partial charge >= 0.3 is 0 Å². The first-order valence-electron chi connectivity index (χ1n) is 9.83. The molecule has 4 aromatic carbocycles. The lowest BCUT2D eigenvalue weighted by Gasteiger charge is -2.10. The Labute approximate surface area is 175 Å². The minimum absolute atomic E-state index is 0.123. The predicted molar refractivity (Wildman–Crippen MR) is 122 cm³/mol. The monoisotopic (exact) mass is 394 g/mol. The van der Waals surface area contributed by atoms with Gasteiger partial charge in [-0.25, -0.2) is 0 Å². The number of hydrogen-bond donors (Lipinski definition) is 2. The summed E-state index contributed by atoms with van der Waals surface area (Å²) in [6.45, 7) is 1.97. The smallest absolute Gasteiger partial charge is 0.255 e. The molecule has 0 fully saturated rings. The topological polar surface area (TPSA) is 58.2 Å². The molecule has 4 rings (SSSR count). The van der Waals surface area contributed by atoms with Crippen molar-refractivity contribution >= 4 is 34.0 Å². The average molecular weight is 394 g/mol. The second kappa shape index (κ2) is 8.62. The van der Waals surface area contributed by atoms with Gasteiger partial charge in [0.2, 0.25) is 5.91 Å². The Hall–Kier alpha value is -3.92. The highest BCUT2D eigenvalue weighted by Crippen LogP contribution is 2.20. The van der Waals surface area contributed by atoms with Crippen molar-refractivity contribution in [2.24, 2.45) is 0 Å². The van der Waals surface area contributed by atoms with E-state index < -0.39 is 0 Å². The summed E-state index contributed by atoms with van der Waals surface area (Å²) in [7, 11) is 0. The molecule has 0 aromatic heterocycles. The predicted octanol–water partition coefficient (Wildman–Crippen LogP) is 5.58. The zero-order valence-corrected chi connectivity index (χ0v) is 16.7. The largest absolute Gasteiger partial charge is 0.326 e. The lowest BCUT2D eigenvalue weighted by Crippen LogP contribution is -2.16. The highest BCUT2D eigenvalue weighted by atomic mass is 16.2. The normalized spacial score (nSPS) is 10.6. The molecule has 148 valence electrons. The van der Waals surface area contributed by atoms with E-state index in [1.807, 2.05) is 73.7 Å². The van der Waals surface area contributed by atoms with E-state index in [1.54, 1.807) is 24.3 Å². The first kappa shape index (κ1) is 19.4. The molecule has 4 nitrogen and oxygen atoms in total. The van der Waals surface area contributed by atoms with Crippen molar-refractivity contribution < 1.29 is 9.59 Å². The molecule has 0 bridgehead atoms. The van der Waals surface area contributed by atoms with Crippen LogP contribution in [-0.4, -0.2) is 11.8 Å². The number of aryl methyl sites for hydroxylation is 1. The van der Waals surface area contributed by atoms with E-state index in [0.717, 1.165) is 27.6 Å². The van der Waals surface area contributed by atoms with Gasteiger partial charge in [-0.1, -0.05) is 60.7 Å². The van der Waals surface area contributed by atoms with Crippen molar-refractivity contribution in [3.8, 4) is 0 Å². The van der Waals surface area contributed by atoms with Gasteiger partial charge in [0.1, 0.15) is 0 Å². The van der Waals surface area contributed by atoms with Crippen molar-refractivity contribution in [2.75, 3.05) is 10.6 Å². The molecule has 0 saturated carbocycles. The van der Waals surface area contributed by atoms with Gasteiger partial charge < -0.3 is 10.6 Å². The maximum Gasteiger partial charge on any atom is 0.255 e. The van der Waals surface area contributed by atoms with Gasteiger partial charge in [0, 0.05) is 16.9 Å². The molecule has 0 saturated heterocycles. The lowest BCUT2D eigenvalue weighted by molar-refractivity contribution is -0.115. The Balaban J connectivity index is 1.46. The molecular weight excluding hydrogens is 372 g/mol. The van der Waals surface area contributed by atoms with Gasteiger partial charge in [0.05, 0.1) is 6.42 Å². The second-order valence-corrected chi connectivity index (χ2v) is 7.27. The number of benzene rings is 4. The Morgan fingerprint density at radius 2 is 1.43 bits per heavy atom. The summed E-state index contributed by atoms with van der Waals surface area (Å²) >= 11 is 0. The van der Waals surface area contributed by atoms with E-state index in [1.165, 1.54) is 0 Å². The fourth-order valence-corrected chi connectivity index (χ4v) is 3.49. The van der Waals surface area contributed by atoms with E-state index in [0.29, 0.717) is 11.3 Å². The van der Waals surface area contributed by atoms with Crippen LogP contribution in [0, 0.1) is 6.92 Å². The van der Waals surface area contributed by atoms with Crippen LogP contribution < -0.4 is 10.6 Å². The van der Waals surface area contributed by atoms with E-state index in [9.17, 15) is 9.59 Å². The average Bonchev–Trinajstić information content (AvgIpc) is 2.74. The molecule has 0 radical (unpaired) electrons. The molecule has 0 unspecified atom stereocenters. The maximum atomic E-state index is 12.6. The number of rotatable bonds is 5. The van der Waals surface area contributed by atoms with Gasteiger partial charge in [0.15, 0.2) is 0 Å². The first-order valence-corrected chi connectivity index (χ1v) is 9.83. The second-order valence-electron chi connectivity index (χ2n) is 7.27. The minimum Gasteiger partial charge on any atom is -0.326 e. The minimum atomic E-state index is -0.217. The Bertz CT molecular complexity index is 1230. The highest BCUT2D eigenvalue weighted by molar-refractivity contribution is 6.05. The molecule has 0 aliphatic rings. The number of amides is 2. The summed E-state index contributed by atoms with van der Waals surface area (Å²) < 4.78 is 0. The number of nitrogens with one attached hydrogen (secondary N) is 2. The molecule has 2 amide bonds. The Kier molecular flexibility index (Phi) is 5.57. The highest BCUT2D eigenvalue weighted by Gasteiger charge is 2.10. The van der Waals surface area contributed by atoms with E-state index in [4.69, 9.17) is 0 Å². The third-order valence-corrected chi connectivity index (χ3v) is 4.92. The zero-order valence-electron chi connectivity index (χ0n) is 16.7. The summed E-state index contributed by atoms with van der Waals surface area (Å²) in [5, 5.41) is 7.97. The van der Waals surface area contributed by atoms with Gasteiger partial charge in [-0.3, -0.25) is 9.59 Å². The lowest BCUT2D eigenvalue weighted by atomic mass is 10.0. The van der Waals surface area contributed by atoms with Crippen LogP contribution in [0.1, 0.15) is 21.5 Å². The van der Waals surface area contributed by atoms with Crippen molar-refractivity contribution in [3.05, 3.63) is 108 Å². The zero-order chi connectivity index (χ0) is 20.9. The standard InChI is InChI=1S/C26H22N2O2/c1-18-7-4-12-22(15-18)28-26(30)21-11-6-13-23(16-21)27-25(29)17-20-10-5-9-19-8-2-3-14-24(19)20/h2-16H,17H2,1H3,(H,27,29)(H,28,30). The third-order valence-electron chi connectivity index (χ3n) is 4.92. The van der Waals surface area contributed by atoms with Gasteiger partial charge in [-0.05, 0) is 59.2 Å². The summed E-state index contributed by atoms with van der Waals surface area (Å²) in [5.41, 5.74) is 3.86. The quantitative estimate of drug-likeness (QED) is 0.464. The van der Waals surface area contributed by atoms with Gasteiger partial charge in [-0.2, -0.15) is 0 Å².